The number of nitrogens with zero attached hydrogens (tertiary/aromatic N) is 1. The van der Waals surface area contributed by atoms with Crippen LogP contribution in [0.2, 0.25) is 0 Å². The fraction of sp³-hybridized carbons (Fsp3) is 0.929. The summed E-state index contributed by atoms with van der Waals surface area (Å²) in [7, 11) is 1.47. The number of carbonyl (C=O) groups is 1. The third kappa shape index (κ3) is 2.54. The Labute approximate surface area is 110 Å². The first-order valence-electron chi connectivity index (χ1n) is 7.04. The van der Waals surface area contributed by atoms with Crippen LogP contribution in [0.4, 0.5) is 0 Å². The lowest BCUT2D eigenvalue weighted by Crippen LogP contribution is -2.45. The quantitative estimate of drug-likeness (QED) is 0.770. The van der Waals surface area contributed by atoms with E-state index in [-0.39, 0.29) is 5.97 Å². The smallest absolute Gasteiger partial charge is 0.325 e. The fourth-order valence-electron chi connectivity index (χ4n) is 3.41. The molecule has 0 amide bonds. The molecule has 0 aromatic heterocycles. The summed E-state index contributed by atoms with van der Waals surface area (Å²) in [6.45, 7) is 9.81. The van der Waals surface area contributed by atoms with Crippen molar-refractivity contribution in [2.24, 2.45) is 11.8 Å². The highest BCUT2D eigenvalue weighted by Gasteiger charge is 2.45. The van der Waals surface area contributed by atoms with Crippen molar-refractivity contribution in [1.82, 2.24) is 10.2 Å². The molecule has 2 aliphatic heterocycles. The molecule has 1 N–H and O–H groups in total. The molecule has 2 saturated heterocycles. The molecule has 2 aliphatic rings. The molecule has 0 radical (unpaired) electrons. The van der Waals surface area contributed by atoms with Crippen LogP contribution in [0.25, 0.3) is 0 Å². The van der Waals surface area contributed by atoms with Crippen molar-refractivity contribution in [1.29, 1.82) is 0 Å². The second-order valence-electron chi connectivity index (χ2n) is 6.31. The SMILES string of the molecule is COC(=O)C1(C)CC(C2CCN(C(C)C)C2)CN1. The van der Waals surface area contributed by atoms with Crippen LogP contribution < -0.4 is 5.32 Å². The van der Waals surface area contributed by atoms with E-state index in [1.165, 1.54) is 26.6 Å². The van der Waals surface area contributed by atoms with E-state index in [0.29, 0.717) is 12.0 Å². The van der Waals surface area contributed by atoms with Crippen molar-refractivity contribution in [2.45, 2.75) is 45.2 Å². The van der Waals surface area contributed by atoms with Crippen molar-refractivity contribution in [3.8, 4) is 0 Å². The molecule has 2 fully saturated rings. The summed E-state index contributed by atoms with van der Waals surface area (Å²) in [5, 5.41) is 3.36. The van der Waals surface area contributed by atoms with Crippen molar-refractivity contribution in [3.63, 3.8) is 0 Å². The lowest BCUT2D eigenvalue weighted by molar-refractivity contribution is -0.147. The van der Waals surface area contributed by atoms with E-state index in [1.54, 1.807) is 0 Å². The third-order valence-electron chi connectivity index (χ3n) is 4.71. The van der Waals surface area contributed by atoms with Gasteiger partial charge in [-0.3, -0.25) is 4.79 Å². The third-order valence-corrected chi connectivity index (χ3v) is 4.71. The van der Waals surface area contributed by atoms with E-state index in [4.69, 9.17) is 4.74 Å². The summed E-state index contributed by atoms with van der Waals surface area (Å²) in [5.74, 6) is 1.22. The van der Waals surface area contributed by atoms with E-state index in [2.05, 4.69) is 24.1 Å². The zero-order valence-electron chi connectivity index (χ0n) is 12.0. The molecule has 4 nitrogen and oxygen atoms in total. The maximum absolute atomic E-state index is 11.8. The Hall–Kier alpha value is -0.610. The first kappa shape index (κ1) is 13.8. The van der Waals surface area contributed by atoms with Gasteiger partial charge < -0.3 is 15.0 Å². The molecule has 0 spiro atoms. The average molecular weight is 254 g/mol. The van der Waals surface area contributed by atoms with Crippen LogP contribution in [0.3, 0.4) is 0 Å². The maximum Gasteiger partial charge on any atom is 0.325 e. The summed E-state index contributed by atoms with van der Waals surface area (Å²) in [4.78, 5) is 14.3. The van der Waals surface area contributed by atoms with Crippen LogP contribution in [0.1, 0.15) is 33.6 Å². The average Bonchev–Trinajstić information content (AvgIpc) is 2.95. The molecule has 0 saturated carbocycles. The van der Waals surface area contributed by atoms with Gasteiger partial charge in [-0.1, -0.05) is 0 Å². The Morgan fingerprint density at radius 3 is 2.72 bits per heavy atom. The Kier molecular flexibility index (Phi) is 3.97. The number of nitrogens with one attached hydrogen (secondary N) is 1. The normalized spacial score (nSPS) is 37.4. The Balaban J connectivity index is 1.92. The van der Waals surface area contributed by atoms with Gasteiger partial charge >= 0.3 is 5.97 Å². The molecule has 2 heterocycles. The van der Waals surface area contributed by atoms with Gasteiger partial charge in [0.15, 0.2) is 0 Å². The van der Waals surface area contributed by atoms with Crippen LogP contribution in [0, 0.1) is 11.8 Å². The predicted molar refractivity (Wildman–Crippen MR) is 71.3 cm³/mol. The highest BCUT2D eigenvalue weighted by atomic mass is 16.5. The summed E-state index contributed by atoms with van der Waals surface area (Å²) >= 11 is 0. The van der Waals surface area contributed by atoms with E-state index in [0.717, 1.165) is 18.9 Å². The molecule has 104 valence electrons. The highest BCUT2D eigenvalue weighted by Crippen LogP contribution is 2.35. The van der Waals surface area contributed by atoms with Crippen LogP contribution in [0.5, 0.6) is 0 Å². The molecule has 3 atom stereocenters. The van der Waals surface area contributed by atoms with Crippen LogP contribution in [0.15, 0.2) is 0 Å². The minimum Gasteiger partial charge on any atom is -0.468 e. The Morgan fingerprint density at radius 1 is 1.44 bits per heavy atom. The summed E-state index contributed by atoms with van der Waals surface area (Å²) in [6, 6.07) is 0.636. The van der Waals surface area contributed by atoms with Crippen molar-refractivity contribution < 1.29 is 9.53 Å². The minimum atomic E-state index is -0.468. The summed E-state index contributed by atoms with van der Waals surface area (Å²) < 4.78 is 4.90. The highest BCUT2D eigenvalue weighted by molar-refractivity contribution is 5.80. The number of hydrogen-bond acceptors (Lipinski definition) is 4. The first-order chi connectivity index (χ1) is 8.46. The van der Waals surface area contributed by atoms with E-state index in [9.17, 15) is 4.79 Å². The number of esters is 1. The zero-order valence-corrected chi connectivity index (χ0v) is 12.0. The largest absolute Gasteiger partial charge is 0.468 e. The van der Waals surface area contributed by atoms with Crippen molar-refractivity contribution in [2.75, 3.05) is 26.7 Å². The zero-order chi connectivity index (χ0) is 13.3. The van der Waals surface area contributed by atoms with Gasteiger partial charge in [0, 0.05) is 12.6 Å². The molecule has 0 aromatic carbocycles. The number of carbonyl (C=O) groups excluding carboxylic acids is 1. The molecular formula is C14H26N2O2. The molecule has 4 heteroatoms. The fourth-order valence-corrected chi connectivity index (χ4v) is 3.41. The number of methoxy groups -OCH3 is 1. The lowest BCUT2D eigenvalue weighted by Gasteiger charge is -2.24. The molecule has 0 aromatic rings. The van der Waals surface area contributed by atoms with Crippen LogP contribution >= 0.6 is 0 Å². The van der Waals surface area contributed by atoms with Gasteiger partial charge in [-0.2, -0.15) is 0 Å². The topological polar surface area (TPSA) is 41.6 Å². The number of hydrogen-bond donors (Lipinski definition) is 1. The molecular weight excluding hydrogens is 228 g/mol. The van der Waals surface area contributed by atoms with E-state index in [1.807, 2.05) is 6.92 Å². The van der Waals surface area contributed by atoms with Gasteiger partial charge in [-0.05, 0) is 58.5 Å². The van der Waals surface area contributed by atoms with Crippen LogP contribution in [-0.2, 0) is 9.53 Å². The standard InChI is InChI=1S/C14H26N2O2/c1-10(2)16-6-5-11(9-16)12-7-14(3,15-8-12)13(17)18-4/h10-12,15H,5-9H2,1-4H3. The molecule has 3 unspecified atom stereocenters. The van der Waals surface area contributed by atoms with Gasteiger partial charge in [-0.15, -0.1) is 0 Å². The van der Waals surface area contributed by atoms with Crippen molar-refractivity contribution >= 4 is 5.97 Å². The number of rotatable bonds is 3. The number of ether oxygens (including phenoxy) is 1. The molecule has 18 heavy (non-hydrogen) atoms. The van der Waals surface area contributed by atoms with Gasteiger partial charge in [0.2, 0.25) is 0 Å². The van der Waals surface area contributed by atoms with Gasteiger partial charge in [0.1, 0.15) is 5.54 Å². The van der Waals surface area contributed by atoms with Gasteiger partial charge in [0.05, 0.1) is 7.11 Å². The van der Waals surface area contributed by atoms with E-state index < -0.39 is 5.54 Å². The van der Waals surface area contributed by atoms with E-state index >= 15 is 0 Å². The van der Waals surface area contributed by atoms with Gasteiger partial charge in [0.25, 0.3) is 0 Å². The van der Waals surface area contributed by atoms with Gasteiger partial charge in [-0.25, -0.2) is 0 Å². The Bertz CT molecular complexity index is 319. The summed E-state index contributed by atoms with van der Waals surface area (Å²) in [5.41, 5.74) is -0.468. The maximum atomic E-state index is 11.8. The minimum absolute atomic E-state index is 0.122. The van der Waals surface area contributed by atoms with Crippen LogP contribution in [-0.4, -0.2) is 49.2 Å². The monoisotopic (exact) mass is 254 g/mol. The molecule has 0 bridgehead atoms. The Morgan fingerprint density at radius 2 is 2.17 bits per heavy atom. The molecule has 2 rings (SSSR count). The lowest BCUT2D eigenvalue weighted by atomic mass is 9.85. The summed E-state index contributed by atoms with van der Waals surface area (Å²) in [6.07, 6.45) is 2.18. The second-order valence-corrected chi connectivity index (χ2v) is 6.31. The molecule has 0 aliphatic carbocycles. The number of likely N-dealkylation sites (tertiary alicyclic amines) is 1. The second kappa shape index (κ2) is 5.17. The van der Waals surface area contributed by atoms with Crippen molar-refractivity contribution in [3.05, 3.63) is 0 Å². The first-order valence-corrected chi connectivity index (χ1v) is 7.04. The predicted octanol–water partition coefficient (Wildman–Crippen LogP) is 1.26.